The highest BCUT2D eigenvalue weighted by Crippen LogP contribution is 2.56. The first-order valence-electron chi connectivity index (χ1n) is 5.71. The van der Waals surface area contributed by atoms with Crippen LogP contribution < -0.4 is 5.73 Å². The van der Waals surface area contributed by atoms with Gasteiger partial charge < -0.3 is 5.73 Å². The van der Waals surface area contributed by atoms with Crippen molar-refractivity contribution in [2.45, 2.75) is 31.2 Å². The molecule has 2 aliphatic carbocycles. The van der Waals surface area contributed by atoms with Crippen LogP contribution in [0, 0.1) is 11.8 Å². The van der Waals surface area contributed by atoms with Gasteiger partial charge >= 0.3 is 0 Å². The first-order chi connectivity index (χ1) is 7.17. The molecule has 2 atom stereocenters. The quantitative estimate of drug-likeness (QED) is 0.893. The molecule has 2 aliphatic rings. The third kappa shape index (κ3) is 1.98. The van der Waals surface area contributed by atoms with Crippen LogP contribution in [0.4, 0.5) is 0 Å². The average molecular weight is 266 g/mol. The van der Waals surface area contributed by atoms with E-state index in [9.17, 15) is 0 Å². The first kappa shape index (κ1) is 9.86. The van der Waals surface area contributed by atoms with Gasteiger partial charge in [0.05, 0.1) is 0 Å². The Morgan fingerprint density at radius 3 is 2.53 bits per heavy atom. The van der Waals surface area contributed by atoms with Crippen LogP contribution in [-0.4, -0.2) is 5.54 Å². The molecule has 0 heterocycles. The summed E-state index contributed by atoms with van der Waals surface area (Å²) in [6, 6.07) is 8.57. The Balaban J connectivity index is 1.68. The zero-order valence-corrected chi connectivity index (χ0v) is 10.3. The van der Waals surface area contributed by atoms with Crippen LogP contribution in [0.1, 0.15) is 24.8 Å². The Bertz CT molecular complexity index is 369. The van der Waals surface area contributed by atoms with Crippen molar-refractivity contribution >= 4 is 15.9 Å². The second-order valence-electron chi connectivity index (χ2n) is 5.18. The maximum atomic E-state index is 6.39. The molecule has 1 aromatic carbocycles. The van der Waals surface area contributed by atoms with Crippen LogP contribution in [0.5, 0.6) is 0 Å². The van der Waals surface area contributed by atoms with Crippen LogP contribution >= 0.6 is 15.9 Å². The van der Waals surface area contributed by atoms with Gasteiger partial charge in [-0.25, -0.2) is 0 Å². The molecule has 0 amide bonds. The van der Waals surface area contributed by atoms with E-state index in [4.69, 9.17) is 5.73 Å². The van der Waals surface area contributed by atoms with Crippen LogP contribution in [0.2, 0.25) is 0 Å². The summed E-state index contributed by atoms with van der Waals surface area (Å²) in [6.45, 7) is 0. The SMILES string of the molecule is NC1(Cc2ccc(Br)cc2)CC1C1CC1. The van der Waals surface area contributed by atoms with Crippen molar-refractivity contribution in [1.29, 1.82) is 0 Å². The van der Waals surface area contributed by atoms with Gasteiger partial charge in [0, 0.05) is 10.0 Å². The van der Waals surface area contributed by atoms with E-state index >= 15 is 0 Å². The molecule has 2 fully saturated rings. The molecule has 15 heavy (non-hydrogen) atoms. The second-order valence-corrected chi connectivity index (χ2v) is 6.10. The lowest BCUT2D eigenvalue weighted by Gasteiger charge is -2.11. The van der Waals surface area contributed by atoms with Crippen LogP contribution in [0.25, 0.3) is 0 Å². The largest absolute Gasteiger partial charge is 0.325 e. The van der Waals surface area contributed by atoms with E-state index in [0.29, 0.717) is 0 Å². The fourth-order valence-corrected chi connectivity index (χ4v) is 2.94. The molecule has 2 unspecified atom stereocenters. The van der Waals surface area contributed by atoms with Gasteiger partial charge in [0.15, 0.2) is 0 Å². The smallest absolute Gasteiger partial charge is 0.0230 e. The summed E-state index contributed by atoms with van der Waals surface area (Å²) in [7, 11) is 0. The van der Waals surface area contributed by atoms with Crippen molar-refractivity contribution in [3.8, 4) is 0 Å². The maximum absolute atomic E-state index is 6.39. The topological polar surface area (TPSA) is 26.0 Å². The number of halogens is 1. The van der Waals surface area contributed by atoms with Crippen LogP contribution in [-0.2, 0) is 6.42 Å². The zero-order chi connectivity index (χ0) is 10.5. The monoisotopic (exact) mass is 265 g/mol. The van der Waals surface area contributed by atoms with Gasteiger partial charge in [0.2, 0.25) is 0 Å². The number of rotatable bonds is 3. The highest BCUT2D eigenvalue weighted by Gasteiger charge is 2.56. The molecule has 2 N–H and O–H groups in total. The Labute approximate surface area is 99.2 Å². The number of hydrogen-bond acceptors (Lipinski definition) is 1. The number of benzene rings is 1. The van der Waals surface area contributed by atoms with E-state index in [1.807, 2.05) is 0 Å². The number of nitrogens with two attached hydrogens (primary N) is 1. The van der Waals surface area contributed by atoms with Crippen molar-refractivity contribution in [3.63, 3.8) is 0 Å². The fourth-order valence-electron chi connectivity index (χ4n) is 2.67. The molecule has 80 valence electrons. The summed E-state index contributed by atoms with van der Waals surface area (Å²) in [5.74, 6) is 1.78. The summed E-state index contributed by atoms with van der Waals surface area (Å²) in [5.41, 5.74) is 7.90. The van der Waals surface area contributed by atoms with E-state index in [1.165, 1.54) is 24.8 Å². The van der Waals surface area contributed by atoms with Gasteiger partial charge in [0.1, 0.15) is 0 Å². The Morgan fingerprint density at radius 1 is 1.27 bits per heavy atom. The lowest BCUT2D eigenvalue weighted by Crippen LogP contribution is -2.28. The molecule has 2 heteroatoms. The lowest BCUT2D eigenvalue weighted by molar-refractivity contribution is 0.548. The molecule has 1 nitrogen and oxygen atoms in total. The average Bonchev–Trinajstić information content (AvgIpc) is 3.06. The zero-order valence-electron chi connectivity index (χ0n) is 8.75. The molecule has 1 aromatic rings. The Morgan fingerprint density at radius 2 is 1.93 bits per heavy atom. The van der Waals surface area contributed by atoms with Crippen molar-refractivity contribution < 1.29 is 0 Å². The van der Waals surface area contributed by atoms with Crippen molar-refractivity contribution in [1.82, 2.24) is 0 Å². The van der Waals surface area contributed by atoms with E-state index in [-0.39, 0.29) is 5.54 Å². The molecule has 0 radical (unpaired) electrons. The van der Waals surface area contributed by atoms with Crippen LogP contribution in [0.15, 0.2) is 28.7 Å². The van der Waals surface area contributed by atoms with Crippen molar-refractivity contribution in [3.05, 3.63) is 34.3 Å². The van der Waals surface area contributed by atoms with Gasteiger partial charge in [-0.2, -0.15) is 0 Å². The van der Waals surface area contributed by atoms with E-state index in [1.54, 1.807) is 0 Å². The van der Waals surface area contributed by atoms with Gasteiger partial charge in [-0.1, -0.05) is 28.1 Å². The van der Waals surface area contributed by atoms with Crippen molar-refractivity contribution in [2.75, 3.05) is 0 Å². The third-order valence-electron chi connectivity index (χ3n) is 3.82. The molecule has 0 saturated heterocycles. The van der Waals surface area contributed by atoms with E-state index in [2.05, 4.69) is 40.2 Å². The molecular weight excluding hydrogens is 250 g/mol. The molecular formula is C13H16BrN. The lowest BCUT2D eigenvalue weighted by atomic mass is 10.0. The normalized spacial score (nSPS) is 34.1. The van der Waals surface area contributed by atoms with Crippen LogP contribution in [0.3, 0.4) is 0 Å². The third-order valence-corrected chi connectivity index (χ3v) is 4.34. The van der Waals surface area contributed by atoms with E-state index < -0.39 is 0 Å². The molecule has 3 rings (SSSR count). The molecule has 0 aromatic heterocycles. The summed E-state index contributed by atoms with van der Waals surface area (Å²) in [6.07, 6.45) is 5.14. The van der Waals surface area contributed by atoms with Gasteiger partial charge in [-0.3, -0.25) is 0 Å². The predicted octanol–water partition coefficient (Wildman–Crippen LogP) is 3.12. The highest BCUT2D eigenvalue weighted by atomic mass is 79.9. The minimum atomic E-state index is 0.134. The predicted molar refractivity (Wildman–Crippen MR) is 65.6 cm³/mol. The molecule has 2 saturated carbocycles. The van der Waals surface area contributed by atoms with Gasteiger partial charge in [-0.15, -0.1) is 0 Å². The first-order valence-corrected chi connectivity index (χ1v) is 6.50. The summed E-state index contributed by atoms with van der Waals surface area (Å²) in [5, 5.41) is 0. The minimum Gasteiger partial charge on any atom is -0.325 e. The summed E-state index contributed by atoms with van der Waals surface area (Å²) in [4.78, 5) is 0. The van der Waals surface area contributed by atoms with E-state index in [0.717, 1.165) is 22.7 Å². The van der Waals surface area contributed by atoms with Gasteiger partial charge in [-0.05, 0) is 55.2 Å². The Hall–Kier alpha value is -0.340. The molecule has 0 aliphatic heterocycles. The summed E-state index contributed by atoms with van der Waals surface area (Å²) >= 11 is 3.45. The minimum absolute atomic E-state index is 0.134. The highest BCUT2D eigenvalue weighted by molar-refractivity contribution is 9.10. The van der Waals surface area contributed by atoms with Crippen molar-refractivity contribution in [2.24, 2.45) is 17.6 Å². The Kier molecular flexibility index (Phi) is 2.18. The standard InChI is InChI=1S/C13H16BrN/c14-11-5-1-9(2-6-11)7-13(15)8-12(13)10-3-4-10/h1-2,5-6,10,12H,3-4,7-8,15H2. The maximum Gasteiger partial charge on any atom is 0.0230 e. The molecule has 0 spiro atoms. The number of hydrogen-bond donors (Lipinski definition) is 1. The summed E-state index contributed by atoms with van der Waals surface area (Å²) < 4.78 is 1.15. The second kappa shape index (κ2) is 3.33. The fraction of sp³-hybridized carbons (Fsp3) is 0.538. The molecule has 0 bridgehead atoms. The van der Waals surface area contributed by atoms with Gasteiger partial charge in [0.25, 0.3) is 0 Å².